The van der Waals surface area contributed by atoms with E-state index in [4.69, 9.17) is 0 Å². The highest BCUT2D eigenvalue weighted by Gasteiger charge is 2.15. The Hall–Kier alpha value is -1.75. The number of nitrogens with zero attached hydrogens (tertiary/aromatic N) is 4. The molecular weight excluding hydrogens is 250 g/mol. The van der Waals surface area contributed by atoms with Gasteiger partial charge in [-0.3, -0.25) is 4.68 Å². The van der Waals surface area contributed by atoms with Gasteiger partial charge in [0.2, 0.25) is 0 Å². The summed E-state index contributed by atoms with van der Waals surface area (Å²) in [6.45, 7) is 7.07. The number of aromatic nitrogens is 4. The van der Waals surface area contributed by atoms with Crippen LogP contribution in [-0.4, -0.2) is 26.8 Å². The van der Waals surface area contributed by atoms with Crippen molar-refractivity contribution in [3.8, 4) is 0 Å². The van der Waals surface area contributed by atoms with Crippen LogP contribution in [-0.2, 0) is 19.4 Å². The van der Waals surface area contributed by atoms with Crippen molar-refractivity contribution in [2.24, 2.45) is 0 Å². The van der Waals surface area contributed by atoms with Crippen LogP contribution in [0.3, 0.4) is 0 Å². The molecular formula is C15H23N5. The molecule has 5 nitrogen and oxygen atoms in total. The molecule has 108 valence electrons. The Balaban J connectivity index is 2.24. The summed E-state index contributed by atoms with van der Waals surface area (Å²) in [7, 11) is 1.97. The van der Waals surface area contributed by atoms with Gasteiger partial charge in [0.1, 0.15) is 5.82 Å². The molecule has 0 saturated heterocycles. The first-order valence-corrected chi connectivity index (χ1v) is 7.20. The standard InChI is InChI=1S/C15H23N5/c1-5-12-9-13(20(6-2)19-12)10-15(16-4)14-7-8-17-11(3)18-14/h7-9,15-16H,5-6,10H2,1-4H3. The van der Waals surface area contributed by atoms with Crippen molar-refractivity contribution >= 4 is 0 Å². The molecule has 1 unspecified atom stereocenters. The summed E-state index contributed by atoms with van der Waals surface area (Å²) >= 11 is 0. The van der Waals surface area contributed by atoms with Gasteiger partial charge in [-0.1, -0.05) is 6.92 Å². The topological polar surface area (TPSA) is 55.6 Å². The highest BCUT2D eigenvalue weighted by Crippen LogP contribution is 2.17. The Bertz CT molecular complexity index is 561. The molecule has 0 radical (unpaired) electrons. The van der Waals surface area contributed by atoms with E-state index in [2.05, 4.69) is 45.0 Å². The zero-order chi connectivity index (χ0) is 14.5. The normalized spacial score (nSPS) is 12.6. The second-order valence-electron chi connectivity index (χ2n) is 4.87. The SMILES string of the molecule is CCc1cc(CC(NC)c2ccnc(C)n2)n(CC)n1. The number of hydrogen-bond donors (Lipinski definition) is 1. The fraction of sp³-hybridized carbons (Fsp3) is 0.533. The molecule has 0 aliphatic heterocycles. The smallest absolute Gasteiger partial charge is 0.125 e. The molecule has 0 aliphatic carbocycles. The van der Waals surface area contributed by atoms with Gasteiger partial charge in [-0.15, -0.1) is 0 Å². The largest absolute Gasteiger partial charge is 0.311 e. The Morgan fingerprint density at radius 1 is 1.35 bits per heavy atom. The van der Waals surface area contributed by atoms with Crippen LogP contribution in [0.4, 0.5) is 0 Å². The van der Waals surface area contributed by atoms with Crippen molar-refractivity contribution in [2.45, 2.75) is 46.2 Å². The second-order valence-corrected chi connectivity index (χ2v) is 4.87. The Morgan fingerprint density at radius 3 is 2.75 bits per heavy atom. The number of aryl methyl sites for hydroxylation is 3. The van der Waals surface area contributed by atoms with Crippen LogP contribution >= 0.6 is 0 Å². The Kier molecular flexibility index (Phi) is 4.84. The molecule has 0 amide bonds. The summed E-state index contributed by atoms with van der Waals surface area (Å²) in [5.74, 6) is 0.806. The molecule has 0 bridgehead atoms. The van der Waals surface area contributed by atoms with Gasteiger partial charge in [0.25, 0.3) is 0 Å². The number of likely N-dealkylation sites (N-methyl/N-ethyl adjacent to an activating group) is 1. The quantitative estimate of drug-likeness (QED) is 0.875. The van der Waals surface area contributed by atoms with Gasteiger partial charge in [-0.2, -0.15) is 5.10 Å². The lowest BCUT2D eigenvalue weighted by Crippen LogP contribution is -2.22. The van der Waals surface area contributed by atoms with Crippen LogP contribution in [0.1, 0.15) is 42.8 Å². The summed E-state index contributed by atoms with van der Waals surface area (Å²) in [5, 5.41) is 7.94. The molecule has 0 aromatic carbocycles. The van der Waals surface area contributed by atoms with E-state index < -0.39 is 0 Å². The molecule has 2 aromatic heterocycles. The van der Waals surface area contributed by atoms with E-state index in [-0.39, 0.29) is 6.04 Å². The summed E-state index contributed by atoms with van der Waals surface area (Å²) in [6, 6.07) is 4.35. The Labute approximate surface area is 120 Å². The molecule has 0 fully saturated rings. The van der Waals surface area contributed by atoms with Gasteiger partial charge in [0.15, 0.2) is 0 Å². The first kappa shape index (κ1) is 14.7. The molecule has 2 rings (SSSR count). The molecule has 1 atom stereocenters. The third-order valence-corrected chi connectivity index (χ3v) is 3.49. The maximum Gasteiger partial charge on any atom is 0.125 e. The van der Waals surface area contributed by atoms with E-state index in [1.54, 1.807) is 0 Å². The van der Waals surface area contributed by atoms with Crippen molar-refractivity contribution < 1.29 is 0 Å². The van der Waals surface area contributed by atoms with E-state index in [1.165, 1.54) is 5.69 Å². The maximum atomic E-state index is 4.60. The van der Waals surface area contributed by atoms with E-state index in [0.29, 0.717) is 0 Å². The van der Waals surface area contributed by atoms with Gasteiger partial charge in [0.05, 0.1) is 17.4 Å². The van der Waals surface area contributed by atoms with E-state index in [9.17, 15) is 0 Å². The molecule has 0 aliphatic rings. The monoisotopic (exact) mass is 273 g/mol. The van der Waals surface area contributed by atoms with Crippen molar-refractivity contribution in [3.63, 3.8) is 0 Å². The minimum Gasteiger partial charge on any atom is -0.311 e. The Morgan fingerprint density at radius 2 is 2.15 bits per heavy atom. The van der Waals surface area contributed by atoms with Gasteiger partial charge < -0.3 is 5.32 Å². The van der Waals surface area contributed by atoms with Crippen LogP contribution in [0, 0.1) is 6.92 Å². The third kappa shape index (κ3) is 3.22. The fourth-order valence-corrected chi connectivity index (χ4v) is 2.36. The molecule has 5 heteroatoms. The number of nitrogens with one attached hydrogen (secondary N) is 1. The van der Waals surface area contributed by atoms with Gasteiger partial charge in [0, 0.05) is 24.9 Å². The molecule has 2 aromatic rings. The molecule has 0 saturated carbocycles. The lowest BCUT2D eigenvalue weighted by atomic mass is 10.1. The van der Waals surface area contributed by atoms with Crippen molar-refractivity contribution in [1.82, 2.24) is 25.1 Å². The van der Waals surface area contributed by atoms with Crippen molar-refractivity contribution in [1.29, 1.82) is 0 Å². The summed E-state index contributed by atoms with van der Waals surface area (Å²) in [4.78, 5) is 8.68. The van der Waals surface area contributed by atoms with E-state index in [1.807, 2.05) is 26.2 Å². The van der Waals surface area contributed by atoms with E-state index in [0.717, 1.165) is 36.6 Å². The van der Waals surface area contributed by atoms with E-state index >= 15 is 0 Å². The van der Waals surface area contributed by atoms with Gasteiger partial charge in [-0.25, -0.2) is 9.97 Å². The zero-order valence-electron chi connectivity index (χ0n) is 12.7. The highest BCUT2D eigenvalue weighted by atomic mass is 15.3. The molecule has 0 spiro atoms. The highest BCUT2D eigenvalue weighted by molar-refractivity contribution is 5.16. The average molecular weight is 273 g/mol. The van der Waals surface area contributed by atoms with Crippen LogP contribution < -0.4 is 5.32 Å². The summed E-state index contributed by atoms with van der Waals surface area (Å²) in [6.07, 6.45) is 3.67. The van der Waals surface area contributed by atoms with Crippen LogP contribution in [0.5, 0.6) is 0 Å². The minimum atomic E-state index is 0.184. The first-order chi connectivity index (χ1) is 9.67. The first-order valence-electron chi connectivity index (χ1n) is 7.20. The number of hydrogen-bond acceptors (Lipinski definition) is 4. The molecule has 2 heterocycles. The lowest BCUT2D eigenvalue weighted by molar-refractivity contribution is 0.529. The number of rotatable bonds is 6. The third-order valence-electron chi connectivity index (χ3n) is 3.49. The lowest BCUT2D eigenvalue weighted by Gasteiger charge is -2.16. The minimum absolute atomic E-state index is 0.184. The predicted octanol–water partition coefficient (Wildman–Crippen LogP) is 2.07. The van der Waals surface area contributed by atoms with Crippen LogP contribution in [0.15, 0.2) is 18.3 Å². The second kappa shape index (κ2) is 6.61. The van der Waals surface area contributed by atoms with Crippen LogP contribution in [0.25, 0.3) is 0 Å². The van der Waals surface area contributed by atoms with Crippen LogP contribution in [0.2, 0.25) is 0 Å². The van der Waals surface area contributed by atoms with Gasteiger partial charge in [-0.05, 0) is 39.4 Å². The average Bonchev–Trinajstić information content (AvgIpc) is 2.87. The zero-order valence-corrected chi connectivity index (χ0v) is 12.7. The van der Waals surface area contributed by atoms with Crippen molar-refractivity contribution in [3.05, 3.63) is 41.2 Å². The summed E-state index contributed by atoms with van der Waals surface area (Å²) in [5.41, 5.74) is 3.43. The van der Waals surface area contributed by atoms with Crippen molar-refractivity contribution in [2.75, 3.05) is 7.05 Å². The van der Waals surface area contributed by atoms with Gasteiger partial charge >= 0.3 is 0 Å². The molecule has 20 heavy (non-hydrogen) atoms. The maximum absolute atomic E-state index is 4.60. The summed E-state index contributed by atoms with van der Waals surface area (Å²) < 4.78 is 2.08. The molecule has 1 N–H and O–H groups in total. The predicted molar refractivity (Wildman–Crippen MR) is 79.6 cm³/mol. The fourth-order valence-electron chi connectivity index (χ4n) is 2.36.